The Morgan fingerprint density at radius 1 is 0.923 bits per heavy atom. The van der Waals surface area contributed by atoms with E-state index in [9.17, 15) is 0 Å². The molecule has 13 heavy (non-hydrogen) atoms. The van der Waals surface area contributed by atoms with E-state index in [0.29, 0.717) is 0 Å². The third kappa shape index (κ3) is 32.2. The molecule has 0 fully saturated rings. The van der Waals surface area contributed by atoms with E-state index in [2.05, 4.69) is 13.8 Å². The van der Waals surface area contributed by atoms with Gasteiger partial charge < -0.3 is 4.74 Å². The lowest BCUT2D eigenvalue weighted by Crippen LogP contribution is -1.95. The Kier molecular flexibility index (Phi) is 19.3. The zero-order valence-corrected chi connectivity index (χ0v) is 10.6. The number of hydrogen-bond acceptors (Lipinski definition) is 1. The molecule has 0 saturated carbocycles. The van der Waals surface area contributed by atoms with Gasteiger partial charge in [-0.25, -0.2) is 0 Å². The van der Waals surface area contributed by atoms with Crippen molar-refractivity contribution in [3.63, 3.8) is 0 Å². The Balaban J connectivity index is 0. The van der Waals surface area contributed by atoms with Gasteiger partial charge in [0.05, 0.1) is 0 Å². The van der Waals surface area contributed by atoms with E-state index in [-0.39, 0.29) is 0 Å². The molecule has 0 N–H and O–H groups in total. The summed E-state index contributed by atoms with van der Waals surface area (Å²) in [4.78, 5) is -0.750. The highest BCUT2D eigenvalue weighted by Gasteiger charge is 1.91. The van der Waals surface area contributed by atoms with Gasteiger partial charge in [-0.1, -0.05) is 26.7 Å². The monoisotopic (exact) mass is 246 g/mol. The van der Waals surface area contributed by atoms with Crippen molar-refractivity contribution < 1.29 is 4.74 Å². The molecule has 0 saturated heterocycles. The topological polar surface area (TPSA) is 9.23 Å². The summed E-state index contributed by atoms with van der Waals surface area (Å²) in [6.07, 6.45) is 4.91. The molecule has 80 valence electrons. The molecule has 0 aliphatic heterocycles. The van der Waals surface area contributed by atoms with E-state index < -0.39 is 4.96 Å². The first kappa shape index (κ1) is 16.3. The third-order valence-corrected chi connectivity index (χ3v) is 1.28. The molecule has 1 nitrogen and oxygen atoms in total. The summed E-state index contributed by atoms with van der Waals surface area (Å²) in [5, 5.41) is 0. The number of halogens is 3. The van der Waals surface area contributed by atoms with E-state index in [1.165, 1.54) is 25.7 Å². The van der Waals surface area contributed by atoms with Gasteiger partial charge in [0, 0.05) is 13.2 Å². The van der Waals surface area contributed by atoms with Crippen LogP contribution in [0.1, 0.15) is 39.5 Å². The number of rotatable bonds is 6. The first-order valence-electron chi connectivity index (χ1n) is 4.65. The summed E-state index contributed by atoms with van der Waals surface area (Å²) in [7, 11) is 0. The molecule has 0 amide bonds. The number of ether oxygens (including phenoxy) is 1. The Hall–Kier alpha value is 0.895. The van der Waals surface area contributed by atoms with Crippen LogP contribution in [-0.2, 0) is 4.74 Å². The summed E-state index contributed by atoms with van der Waals surface area (Å²) in [6.45, 7) is 6.28. The lowest BCUT2D eigenvalue weighted by molar-refractivity contribution is 0.128. The molecule has 0 heterocycles. The molecule has 0 aliphatic rings. The van der Waals surface area contributed by atoms with Crippen molar-refractivity contribution in [1.82, 2.24) is 0 Å². The molecule has 0 bridgehead atoms. The fourth-order valence-electron chi connectivity index (χ4n) is 0.595. The summed E-state index contributed by atoms with van der Waals surface area (Å²) in [5.41, 5.74) is 0. The van der Waals surface area contributed by atoms with Crippen LogP contribution in [0.3, 0.4) is 0 Å². The van der Waals surface area contributed by atoms with Gasteiger partial charge in [-0.2, -0.15) is 34.4 Å². The predicted octanol–water partition coefficient (Wildman–Crippen LogP) is 4.29. The number of hydrogen-bond donors (Lipinski definition) is 0. The maximum atomic E-state index is 5.31. The molecular formula is C8H18BCl3O. The standard InChI is InChI=1S/C8H18O.BCl3/c1-3-5-7-9-8-6-4-2;2-1(3)4/h3-8H2,1-2H3;. The van der Waals surface area contributed by atoms with Gasteiger partial charge in [0.1, 0.15) is 0 Å². The van der Waals surface area contributed by atoms with Crippen LogP contribution in [-0.4, -0.2) is 18.2 Å². The second-order valence-electron chi connectivity index (χ2n) is 2.57. The van der Waals surface area contributed by atoms with Crippen LogP contribution in [0.5, 0.6) is 0 Å². The molecular weight excluding hydrogens is 229 g/mol. The first-order chi connectivity index (χ1) is 6.15. The third-order valence-electron chi connectivity index (χ3n) is 1.28. The average Bonchev–Trinajstić information content (AvgIpc) is 2.03. The zero-order chi connectivity index (χ0) is 10.5. The summed E-state index contributed by atoms with van der Waals surface area (Å²) in [6, 6.07) is 0. The normalized spacial score (nSPS) is 9.00. The summed E-state index contributed by atoms with van der Waals surface area (Å²) < 4.78 is 5.31. The second-order valence-corrected chi connectivity index (χ2v) is 4.55. The molecule has 5 heteroatoms. The minimum atomic E-state index is -0.750. The van der Waals surface area contributed by atoms with Gasteiger partial charge in [-0.05, 0) is 12.8 Å². The smallest absolute Gasteiger partial charge is 0.381 e. The van der Waals surface area contributed by atoms with E-state index in [1.54, 1.807) is 0 Å². The van der Waals surface area contributed by atoms with Crippen LogP contribution in [0.4, 0.5) is 0 Å². The Morgan fingerprint density at radius 3 is 1.46 bits per heavy atom. The fourth-order valence-corrected chi connectivity index (χ4v) is 0.595. The van der Waals surface area contributed by atoms with Crippen LogP contribution in [0.15, 0.2) is 0 Å². The SMILES string of the molecule is CCCCOCCCC.ClB(Cl)Cl. The first-order valence-corrected chi connectivity index (χ1v) is 5.96. The average molecular weight is 247 g/mol. The number of unbranched alkanes of at least 4 members (excludes halogenated alkanes) is 2. The van der Waals surface area contributed by atoms with Crippen molar-refractivity contribution in [1.29, 1.82) is 0 Å². The lowest BCUT2D eigenvalue weighted by Gasteiger charge is -1.99. The summed E-state index contributed by atoms with van der Waals surface area (Å²) in [5.74, 6) is 0. The molecule has 0 aliphatic carbocycles. The molecule has 0 unspecified atom stereocenters. The maximum Gasteiger partial charge on any atom is 0.450 e. The predicted molar refractivity (Wildman–Crippen MR) is 63.9 cm³/mol. The molecule has 0 spiro atoms. The van der Waals surface area contributed by atoms with E-state index in [4.69, 9.17) is 39.1 Å². The van der Waals surface area contributed by atoms with E-state index in [0.717, 1.165) is 13.2 Å². The van der Waals surface area contributed by atoms with Crippen LogP contribution in [0, 0.1) is 0 Å². The van der Waals surface area contributed by atoms with Gasteiger partial charge in [0.2, 0.25) is 0 Å². The quantitative estimate of drug-likeness (QED) is 0.502. The van der Waals surface area contributed by atoms with Crippen LogP contribution < -0.4 is 0 Å². The van der Waals surface area contributed by atoms with Gasteiger partial charge in [0.25, 0.3) is 0 Å². The summed E-state index contributed by atoms with van der Waals surface area (Å²) >= 11 is 14.4. The largest absolute Gasteiger partial charge is 0.450 e. The van der Waals surface area contributed by atoms with Crippen molar-refractivity contribution in [2.45, 2.75) is 39.5 Å². The van der Waals surface area contributed by atoms with Crippen molar-refractivity contribution in [3.05, 3.63) is 0 Å². The van der Waals surface area contributed by atoms with Crippen LogP contribution >= 0.6 is 34.4 Å². The molecule has 0 radical (unpaired) electrons. The lowest BCUT2D eigenvalue weighted by atomic mass is 10.3. The highest BCUT2D eigenvalue weighted by atomic mass is 35.6. The highest BCUT2D eigenvalue weighted by molar-refractivity contribution is 7.54. The molecule has 0 aromatic carbocycles. The van der Waals surface area contributed by atoms with Gasteiger partial charge in [0.15, 0.2) is 0 Å². The van der Waals surface area contributed by atoms with Crippen molar-refractivity contribution in [3.8, 4) is 0 Å². The molecule has 0 rings (SSSR count). The molecule has 0 atom stereocenters. The second kappa shape index (κ2) is 15.4. The minimum Gasteiger partial charge on any atom is -0.381 e. The highest BCUT2D eigenvalue weighted by Crippen LogP contribution is 1.97. The van der Waals surface area contributed by atoms with Crippen molar-refractivity contribution in [2.75, 3.05) is 13.2 Å². The molecule has 0 aromatic heterocycles. The van der Waals surface area contributed by atoms with Crippen molar-refractivity contribution >= 4 is 39.3 Å². The van der Waals surface area contributed by atoms with E-state index >= 15 is 0 Å². The minimum absolute atomic E-state index is 0.750. The fraction of sp³-hybridized carbons (Fsp3) is 1.00. The Morgan fingerprint density at radius 2 is 1.23 bits per heavy atom. The van der Waals surface area contributed by atoms with Gasteiger partial charge >= 0.3 is 4.96 Å². The zero-order valence-electron chi connectivity index (χ0n) is 8.36. The molecule has 0 aromatic rings. The van der Waals surface area contributed by atoms with Crippen molar-refractivity contribution in [2.24, 2.45) is 0 Å². The maximum absolute atomic E-state index is 5.31. The van der Waals surface area contributed by atoms with Crippen LogP contribution in [0.2, 0.25) is 0 Å². The Bertz CT molecular complexity index is 75.0. The van der Waals surface area contributed by atoms with Crippen LogP contribution in [0.25, 0.3) is 0 Å². The van der Waals surface area contributed by atoms with Gasteiger partial charge in [-0.15, -0.1) is 0 Å². The van der Waals surface area contributed by atoms with Gasteiger partial charge in [-0.3, -0.25) is 0 Å². The van der Waals surface area contributed by atoms with E-state index in [1.807, 2.05) is 0 Å². The Labute approximate surface area is 96.9 Å².